The molecule has 0 bridgehead atoms. The summed E-state index contributed by atoms with van der Waals surface area (Å²) in [5.41, 5.74) is 7.95. The quantitative estimate of drug-likeness (QED) is 0.772. The lowest BCUT2D eigenvalue weighted by Crippen LogP contribution is -1.92. The van der Waals surface area contributed by atoms with Crippen molar-refractivity contribution in [3.63, 3.8) is 0 Å². The molecule has 2 aromatic carbocycles. The maximum atomic E-state index is 5.66. The van der Waals surface area contributed by atoms with Crippen molar-refractivity contribution in [2.75, 3.05) is 5.73 Å². The van der Waals surface area contributed by atoms with Gasteiger partial charge in [-0.25, -0.2) is 0 Å². The molecule has 0 saturated heterocycles. The van der Waals surface area contributed by atoms with E-state index in [4.69, 9.17) is 10.5 Å². The highest BCUT2D eigenvalue weighted by Crippen LogP contribution is 2.25. The number of rotatable bonds is 3. The van der Waals surface area contributed by atoms with Gasteiger partial charge in [-0.1, -0.05) is 48.5 Å². The Morgan fingerprint density at radius 2 is 1.40 bits per heavy atom. The van der Waals surface area contributed by atoms with Crippen molar-refractivity contribution in [1.29, 1.82) is 0 Å². The molecule has 0 amide bonds. The van der Waals surface area contributed by atoms with Gasteiger partial charge in [0.05, 0.1) is 0 Å². The van der Waals surface area contributed by atoms with E-state index in [0.717, 1.165) is 11.3 Å². The van der Waals surface area contributed by atoms with E-state index in [1.807, 2.05) is 48.5 Å². The van der Waals surface area contributed by atoms with Gasteiger partial charge in [-0.3, -0.25) is 0 Å². The predicted molar refractivity (Wildman–Crippen MR) is 80.6 cm³/mol. The Balaban J connectivity index is 1.80. The maximum absolute atomic E-state index is 5.66. The molecule has 3 nitrogen and oxygen atoms in total. The Morgan fingerprint density at radius 1 is 0.700 bits per heavy atom. The summed E-state index contributed by atoms with van der Waals surface area (Å²) in [6, 6.07) is 23.4. The van der Waals surface area contributed by atoms with Crippen LogP contribution in [0.3, 0.4) is 0 Å². The summed E-state index contributed by atoms with van der Waals surface area (Å²) in [5, 5.41) is 0. The number of benzene rings is 2. The van der Waals surface area contributed by atoms with Crippen LogP contribution in [0.5, 0.6) is 11.6 Å². The molecular weight excluding hydrogens is 248 g/mol. The van der Waals surface area contributed by atoms with Crippen LogP contribution in [0.4, 0.5) is 5.82 Å². The third kappa shape index (κ3) is 2.78. The average molecular weight is 262 g/mol. The summed E-state index contributed by atoms with van der Waals surface area (Å²) in [5.74, 6) is 1.68. The fourth-order valence-electron chi connectivity index (χ4n) is 1.95. The first-order valence-corrected chi connectivity index (χ1v) is 6.37. The summed E-state index contributed by atoms with van der Waals surface area (Å²) in [6.07, 6.45) is 0. The number of ether oxygens (including phenoxy) is 1. The molecule has 0 atom stereocenters. The van der Waals surface area contributed by atoms with Crippen LogP contribution in [0.25, 0.3) is 11.1 Å². The molecule has 20 heavy (non-hydrogen) atoms. The van der Waals surface area contributed by atoms with Gasteiger partial charge in [0.25, 0.3) is 0 Å². The van der Waals surface area contributed by atoms with Gasteiger partial charge in [-0.2, -0.15) is 4.98 Å². The van der Waals surface area contributed by atoms with Crippen LogP contribution < -0.4 is 10.5 Å². The van der Waals surface area contributed by atoms with E-state index in [9.17, 15) is 0 Å². The van der Waals surface area contributed by atoms with Crippen LogP contribution in [0, 0.1) is 0 Å². The van der Waals surface area contributed by atoms with Crippen molar-refractivity contribution in [3.8, 4) is 22.8 Å². The highest BCUT2D eigenvalue weighted by Gasteiger charge is 2.01. The minimum Gasteiger partial charge on any atom is -0.439 e. The van der Waals surface area contributed by atoms with Gasteiger partial charge >= 0.3 is 0 Å². The third-order valence-corrected chi connectivity index (χ3v) is 2.93. The van der Waals surface area contributed by atoms with E-state index >= 15 is 0 Å². The number of pyridine rings is 1. The number of anilines is 1. The number of aromatic nitrogens is 1. The molecule has 1 aromatic heterocycles. The number of nitrogens with two attached hydrogens (primary N) is 1. The van der Waals surface area contributed by atoms with Crippen LogP contribution >= 0.6 is 0 Å². The second-order valence-electron chi connectivity index (χ2n) is 4.39. The summed E-state index contributed by atoms with van der Waals surface area (Å²) >= 11 is 0. The molecule has 1 heterocycles. The van der Waals surface area contributed by atoms with Gasteiger partial charge in [-0.05, 0) is 29.3 Å². The first kappa shape index (κ1) is 12.2. The van der Waals surface area contributed by atoms with Gasteiger partial charge in [-0.15, -0.1) is 0 Å². The van der Waals surface area contributed by atoms with Crippen LogP contribution in [-0.2, 0) is 0 Å². The van der Waals surface area contributed by atoms with E-state index in [1.165, 1.54) is 5.56 Å². The molecular formula is C17H14N2O. The smallest absolute Gasteiger partial charge is 0.221 e. The van der Waals surface area contributed by atoms with Crippen LogP contribution in [0.2, 0.25) is 0 Å². The molecule has 0 fully saturated rings. The molecule has 3 aromatic rings. The van der Waals surface area contributed by atoms with Crippen LogP contribution in [-0.4, -0.2) is 4.98 Å². The average Bonchev–Trinajstić information content (AvgIpc) is 2.49. The van der Waals surface area contributed by atoms with Gasteiger partial charge in [0, 0.05) is 6.07 Å². The Hall–Kier alpha value is -2.81. The standard InChI is InChI=1S/C17H14N2O/c18-16-7-4-8-17(19-16)20-15-11-9-14(10-12-15)13-5-2-1-3-6-13/h1-12H,(H2,18,19). The molecule has 0 saturated carbocycles. The fourth-order valence-corrected chi connectivity index (χ4v) is 1.95. The normalized spacial score (nSPS) is 10.2. The number of hydrogen-bond acceptors (Lipinski definition) is 3. The SMILES string of the molecule is Nc1cccc(Oc2ccc(-c3ccccc3)cc2)n1. The molecule has 3 rings (SSSR count). The van der Waals surface area contributed by atoms with Gasteiger partial charge in [0.15, 0.2) is 0 Å². The molecule has 0 aliphatic heterocycles. The molecule has 3 heteroatoms. The van der Waals surface area contributed by atoms with E-state index in [0.29, 0.717) is 11.7 Å². The van der Waals surface area contributed by atoms with Crippen molar-refractivity contribution < 1.29 is 4.74 Å². The topological polar surface area (TPSA) is 48.1 Å². The monoisotopic (exact) mass is 262 g/mol. The lowest BCUT2D eigenvalue weighted by atomic mass is 10.1. The number of nitrogens with zero attached hydrogens (tertiary/aromatic N) is 1. The second-order valence-corrected chi connectivity index (χ2v) is 4.39. The zero-order valence-electron chi connectivity index (χ0n) is 10.9. The minimum absolute atomic E-state index is 0.448. The van der Waals surface area contributed by atoms with Crippen molar-refractivity contribution in [2.24, 2.45) is 0 Å². The van der Waals surface area contributed by atoms with E-state index < -0.39 is 0 Å². The fraction of sp³-hybridized carbons (Fsp3) is 0. The lowest BCUT2D eigenvalue weighted by molar-refractivity contribution is 0.464. The van der Waals surface area contributed by atoms with Crippen molar-refractivity contribution in [3.05, 3.63) is 72.8 Å². The number of hydrogen-bond donors (Lipinski definition) is 1. The molecule has 0 aliphatic carbocycles. The van der Waals surface area contributed by atoms with E-state index in [2.05, 4.69) is 17.1 Å². The maximum Gasteiger partial charge on any atom is 0.221 e. The highest BCUT2D eigenvalue weighted by molar-refractivity contribution is 5.64. The zero-order chi connectivity index (χ0) is 13.8. The first-order chi connectivity index (χ1) is 9.81. The largest absolute Gasteiger partial charge is 0.439 e. The Kier molecular flexibility index (Phi) is 3.33. The third-order valence-electron chi connectivity index (χ3n) is 2.93. The van der Waals surface area contributed by atoms with Gasteiger partial charge < -0.3 is 10.5 Å². The Labute approximate surface area is 117 Å². The van der Waals surface area contributed by atoms with Gasteiger partial charge in [0.2, 0.25) is 5.88 Å². The first-order valence-electron chi connectivity index (χ1n) is 6.37. The second kappa shape index (κ2) is 5.45. The minimum atomic E-state index is 0.448. The Bertz CT molecular complexity index is 694. The van der Waals surface area contributed by atoms with Crippen molar-refractivity contribution >= 4 is 5.82 Å². The summed E-state index contributed by atoms with van der Waals surface area (Å²) in [7, 11) is 0. The van der Waals surface area contributed by atoms with E-state index in [1.54, 1.807) is 12.1 Å². The highest BCUT2D eigenvalue weighted by atomic mass is 16.5. The van der Waals surface area contributed by atoms with Gasteiger partial charge in [0.1, 0.15) is 11.6 Å². The molecule has 98 valence electrons. The molecule has 0 radical (unpaired) electrons. The molecule has 2 N–H and O–H groups in total. The predicted octanol–water partition coefficient (Wildman–Crippen LogP) is 4.12. The Morgan fingerprint density at radius 3 is 2.10 bits per heavy atom. The van der Waals surface area contributed by atoms with Crippen molar-refractivity contribution in [2.45, 2.75) is 0 Å². The van der Waals surface area contributed by atoms with E-state index in [-0.39, 0.29) is 0 Å². The lowest BCUT2D eigenvalue weighted by Gasteiger charge is -2.06. The molecule has 0 unspecified atom stereocenters. The van der Waals surface area contributed by atoms with Crippen LogP contribution in [0.1, 0.15) is 0 Å². The summed E-state index contributed by atoms with van der Waals surface area (Å²) in [6.45, 7) is 0. The van der Waals surface area contributed by atoms with Crippen molar-refractivity contribution in [1.82, 2.24) is 4.98 Å². The molecule has 0 aliphatic rings. The summed E-state index contributed by atoms with van der Waals surface area (Å²) in [4.78, 5) is 4.10. The number of nitrogen functional groups attached to an aromatic ring is 1. The molecule has 0 spiro atoms. The zero-order valence-corrected chi connectivity index (χ0v) is 10.9. The summed E-state index contributed by atoms with van der Waals surface area (Å²) < 4.78 is 5.66. The van der Waals surface area contributed by atoms with Crippen LogP contribution in [0.15, 0.2) is 72.8 Å².